The molecule has 3 heterocycles. The molecule has 2 unspecified atom stereocenters. The quantitative estimate of drug-likeness (QED) is 0.325. The SMILES string of the molecule is O=C1Nc2ccccc2C12c1cc3sccc3cc1OC2C(c1ccccc1)c1ccccc1. The van der Waals surface area contributed by atoms with Crippen LogP contribution in [0.1, 0.15) is 28.2 Å². The third-order valence-corrected chi connectivity index (χ3v) is 8.12. The zero-order valence-corrected chi connectivity index (χ0v) is 19.1. The first-order valence-corrected chi connectivity index (χ1v) is 12.3. The highest BCUT2D eigenvalue weighted by Crippen LogP contribution is 2.58. The molecular formula is C30H21NO2S. The van der Waals surface area contributed by atoms with E-state index in [-0.39, 0.29) is 11.8 Å². The van der Waals surface area contributed by atoms with Crippen molar-refractivity contribution in [2.45, 2.75) is 17.4 Å². The van der Waals surface area contributed by atoms with E-state index >= 15 is 0 Å². The van der Waals surface area contributed by atoms with E-state index in [1.807, 2.05) is 30.3 Å². The average Bonchev–Trinajstić information content (AvgIpc) is 3.55. The molecule has 1 spiro atoms. The summed E-state index contributed by atoms with van der Waals surface area (Å²) in [6.07, 6.45) is -0.438. The van der Waals surface area contributed by atoms with Crippen LogP contribution in [-0.2, 0) is 10.2 Å². The Labute approximate surface area is 201 Å². The van der Waals surface area contributed by atoms with Crippen LogP contribution >= 0.6 is 11.3 Å². The number of ether oxygens (including phenoxy) is 1. The molecule has 0 aliphatic carbocycles. The van der Waals surface area contributed by atoms with Crippen molar-refractivity contribution in [1.82, 2.24) is 0 Å². The number of para-hydroxylation sites is 1. The second kappa shape index (κ2) is 7.31. The van der Waals surface area contributed by atoms with E-state index in [2.05, 4.69) is 83.5 Å². The van der Waals surface area contributed by atoms with E-state index in [1.54, 1.807) is 11.3 Å². The fourth-order valence-electron chi connectivity index (χ4n) is 5.78. The molecule has 4 heteroatoms. The van der Waals surface area contributed by atoms with Crippen LogP contribution in [0.4, 0.5) is 5.69 Å². The Kier molecular flexibility index (Phi) is 4.20. The van der Waals surface area contributed by atoms with E-state index in [9.17, 15) is 4.79 Å². The van der Waals surface area contributed by atoms with Crippen LogP contribution in [0.15, 0.2) is 109 Å². The van der Waals surface area contributed by atoms with E-state index in [1.165, 1.54) is 0 Å². The number of thiophene rings is 1. The topological polar surface area (TPSA) is 38.3 Å². The summed E-state index contributed by atoms with van der Waals surface area (Å²) in [5.74, 6) is 0.634. The monoisotopic (exact) mass is 459 g/mol. The van der Waals surface area contributed by atoms with Crippen LogP contribution in [0.3, 0.4) is 0 Å². The highest BCUT2D eigenvalue weighted by atomic mass is 32.1. The number of carbonyl (C=O) groups is 1. The number of rotatable bonds is 3. The summed E-state index contributed by atoms with van der Waals surface area (Å²) >= 11 is 1.69. The van der Waals surface area contributed by atoms with Crippen LogP contribution < -0.4 is 10.1 Å². The number of nitrogens with one attached hydrogen (secondary N) is 1. The van der Waals surface area contributed by atoms with Gasteiger partial charge in [0.1, 0.15) is 17.3 Å². The number of carbonyl (C=O) groups excluding carboxylic acids is 1. The number of hydrogen-bond acceptors (Lipinski definition) is 3. The summed E-state index contributed by atoms with van der Waals surface area (Å²) in [7, 11) is 0. The molecule has 34 heavy (non-hydrogen) atoms. The minimum absolute atomic E-state index is 0.0229. The summed E-state index contributed by atoms with van der Waals surface area (Å²) < 4.78 is 8.03. The summed E-state index contributed by atoms with van der Waals surface area (Å²) in [5, 5.41) is 6.41. The van der Waals surface area contributed by atoms with Crippen molar-refractivity contribution in [2.24, 2.45) is 0 Å². The Hall–Kier alpha value is -3.89. The molecule has 1 N–H and O–H groups in total. The molecule has 2 aliphatic heterocycles. The normalized spacial score (nSPS) is 20.4. The molecule has 3 nitrogen and oxygen atoms in total. The Bertz CT molecular complexity index is 1500. The maximum absolute atomic E-state index is 14.1. The highest BCUT2D eigenvalue weighted by molar-refractivity contribution is 7.17. The van der Waals surface area contributed by atoms with Gasteiger partial charge in [-0.15, -0.1) is 11.3 Å². The van der Waals surface area contributed by atoms with Crippen molar-refractivity contribution >= 4 is 33.0 Å². The molecule has 0 saturated carbocycles. The van der Waals surface area contributed by atoms with Gasteiger partial charge in [-0.2, -0.15) is 0 Å². The first kappa shape index (κ1) is 19.6. The van der Waals surface area contributed by atoms with Crippen LogP contribution in [0.25, 0.3) is 10.1 Å². The second-order valence-corrected chi connectivity index (χ2v) is 9.90. The zero-order chi connectivity index (χ0) is 22.7. The summed E-state index contributed by atoms with van der Waals surface area (Å²) in [6, 6.07) is 35.2. The predicted octanol–water partition coefficient (Wildman–Crippen LogP) is 6.73. The smallest absolute Gasteiger partial charge is 0.243 e. The van der Waals surface area contributed by atoms with E-state index in [0.29, 0.717) is 0 Å². The molecule has 2 atom stereocenters. The van der Waals surface area contributed by atoms with Crippen LogP contribution in [0, 0.1) is 0 Å². The number of benzene rings is 4. The molecule has 1 amide bonds. The molecule has 0 saturated heterocycles. The first-order chi connectivity index (χ1) is 16.8. The zero-order valence-electron chi connectivity index (χ0n) is 18.3. The molecule has 164 valence electrons. The first-order valence-electron chi connectivity index (χ1n) is 11.5. The third-order valence-electron chi connectivity index (χ3n) is 7.24. The lowest BCUT2D eigenvalue weighted by molar-refractivity contribution is -0.121. The summed E-state index contributed by atoms with van der Waals surface area (Å²) in [6.45, 7) is 0. The highest BCUT2D eigenvalue weighted by Gasteiger charge is 2.62. The van der Waals surface area contributed by atoms with Gasteiger partial charge in [0, 0.05) is 21.9 Å². The lowest BCUT2D eigenvalue weighted by Crippen LogP contribution is -2.48. The van der Waals surface area contributed by atoms with Gasteiger partial charge in [-0.25, -0.2) is 0 Å². The van der Waals surface area contributed by atoms with Crippen molar-refractivity contribution in [2.75, 3.05) is 5.32 Å². The molecule has 0 bridgehead atoms. The Morgan fingerprint density at radius 3 is 2.21 bits per heavy atom. The fourth-order valence-corrected chi connectivity index (χ4v) is 6.59. The van der Waals surface area contributed by atoms with Gasteiger partial charge < -0.3 is 10.1 Å². The van der Waals surface area contributed by atoms with Crippen LogP contribution in [0.5, 0.6) is 5.75 Å². The predicted molar refractivity (Wildman–Crippen MR) is 137 cm³/mol. The van der Waals surface area contributed by atoms with Crippen LogP contribution in [-0.4, -0.2) is 12.0 Å². The summed E-state index contributed by atoms with van der Waals surface area (Å²) in [5.41, 5.74) is 4.11. The third kappa shape index (κ3) is 2.60. The van der Waals surface area contributed by atoms with Gasteiger partial charge in [0.15, 0.2) is 0 Å². The van der Waals surface area contributed by atoms with E-state index < -0.39 is 11.5 Å². The van der Waals surface area contributed by atoms with Gasteiger partial charge >= 0.3 is 0 Å². The Morgan fingerprint density at radius 1 is 0.794 bits per heavy atom. The lowest BCUT2D eigenvalue weighted by Gasteiger charge is -2.35. The minimum atomic E-state index is -0.944. The van der Waals surface area contributed by atoms with Gasteiger partial charge in [-0.1, -0.05) is 78.9 Å². The standard InChI is InChI=1S/C30H21NO2S/c32-29-30(22-13-7-8-14-24(22)31-29)23-18-26-21(15-16-34-26)17-25(23)33-28(30)27(19-9-3-1-4-10-19)20-11-5-2-6-12-20/h1-18,27-28H,(H,31,32). The molecule has 7 rings (SSSR count). The van der Waals surface area contributed by atoms with E-state index in [4.69, 9.17) is 4.74 Å². The van der Waals surface area contributed by atoms with Gasteiger partial charge in [0.2, 0.25) is 5.91 Å². The fraction of sp³-hybridized carbons (Fsp3) is 0.100. The van der Waals surface area contributed by atoms with Crippen molar-refractivity contribution < 1.29 is 9.53 Å². The molecule has 4 aromatic carbocycles. The average molecular weight is 460 g/mol. The van der Waals surface area contributed by atoms with Crippen molar-refractivity contribution in [3.8, 4) is 5.75 Å². The van der Waals surface area contributed by atoms with Gasteiger partial charge in [-0.05, 0) is 51.7 Å². The number of hydrogen-bond donors (Lipinski definition) is 1. The molecule has 0 radical (unpaired) electrons. The molecule has 0 fully saturated rings. The van der Waals surface area contributed by atoms with Gasteiger partial charge in [-0.3, -0.25) is 4.79 Å². The Morgan fingerprint density at radius 2 is 1.47 bits per heavy atom. The van der Waals surface area contributed by atoms with E-state index in [0.717, 1.165) is 43.8 Å². The lowest BCUT2D eigenvalue weighted by atomic mass is 9.66. The largest absolute Gasteiger partial charge is 0.487 e. The maximum atomic E-state index is 14.1. The maximum Gasteiger partial charge on any atom is 0.243 e. The minimum Gasteiger partial charge on any atom is -0.487 e. The van der Waals surface area contributed by atoms with Crippen molar-refractivity contribution in [1.29, 1.82) is 0 Å². The molecular weight excluding hydrogens is 438 g/mol. The molecule has 1 aromatic heterocycles. The number of fused-ring (bicyclic) bond motifs is 5. The second-order valence-electron chi connectivity index (χ2n) is 8.95. The van der Waals surface area contributed by atoms with Crippen molar-refractivity contribution in [3.63, 3.8) is 0 Å². The summed E-state index contributed by atoms with van der Waals surface area (Å²) in [4.78, 5) is 14.1. The number of anilines is 1. The van der Waals surface area contributed by atoms with Gasteiger partial charge in [0.05, 0.1) is 0 Å². The Balaban J connectivity index is 1.55. The molecule has 5 aromatic rings. The van der Waals surface area contributed by atoms with Crippen LogP contribution in [0.2, 0.25) is 0 Å². The van der Waals surface area contributed by atoms with Gasteiger partial charge in [0.25, 0.3) is 0 Å². The number of amides is 1. The van der Waals surface area contributed by atoms with Crippen molar-refractivity contribution in [3.05, 3.63) is 131 Å². The molecule has 2 aliphatic rings.